The molecular formula is C16H15FOS. The van der Waals surface area contributed by atoms with E-state index >= 15 is 0 Å². The van der Waals surface area contributed by atoms with Crippen LogP contribution in [0.25, 0.3) is 0 Å². The normalized spacial score (nSPS) is 17.3. The van der Waals surface area contributed by atoms with Crippen LogP contribution in [0.1, 0.15) is 11.1 Å². The molecule has 0 spiro atoms. The van der Waals surface area contributed by atoms with Crippen molar-refractivity contribution < 1.29 is 9.13 Å². The van der Waals surface area contributed by atoms with E-state index in [1.54, 1.807) is 6.07 Å². The zero-order valence-corrected chi connectivity index (χ0v) is 11.5. The molecule has 0 fully saturated rings. The minimum absolute atomic E-state index is 0.215. The van der Waals surface area contributed by atoms with E-state index in [1.807, 2.05) is 18.7 Å². The molecule has 98 valence electrons. The number of benzene rings is 2. The summed E-state index contributed by atoms with van der Waals surface area (Å²) in [6.07, 6.45) is 1.04. The van der Waals surface area contributed by atoms with Gasteiger partial charge in [0.25, 0.3) is 0 Å². The van der Waals surface area contributed by atoms with E-state index in [2.05, 4.69) is 24.3 Å². The van der Waals surface area contributed by atoms with Crippen molar-refractivity contribution in [2.45, 2.75) is 23.5 Å². The third-order valence-corrected chi connectivity index (χ3v) is 4.56. The second kappa shape index (κ2) is 5.25. The highest BCUT2D eigenvalue weighted by atomic mass is 32.2. The van der Waals surface area contributed by atoms with Crippen molar-refractivity contribution in [3.63, 3.8) is 0 Å². The van der Waals surface area contributed by atoms with Gasteiger partial charge in [-0.3, -0.25) is 0 Å². The van der Waals surface area contributed by atoms with E-state index in [0.29, 0.717) is 11.9 Å². The van der Waals surface area contributed by atoms with Gasteiger partial charge in [0.1, 0.15) is 18.2 Å². The van der Waals surface area contributed by atoms with Crippen LogP contribution in [0.5, 0.6) is 5.75 Å². The summed E-state index contributed by atoms with van der Waals surface area (Å²) in [5.74, 6) is 0.561. The van der Waals surface area contributed by atoms with Crippen LogP contribution in [0.4, 0.5) is 4.39 Å². The number of fused-ring (bicyclic) bond motifs is 1. The Morgan fingerprint density at radius 2 is 2.11 bits per heavy atom. The van der Waals surface area contributed by atoms with Crippen molar-refractivity contribution in [1.82, 2.24) is 0 Å². The molecule has 0 radical (unpaired) electrons. The number of rotatable bonds is 3. The molecule has 0 saturated carbocycles. The van der Waals surface area contributed by atoms with E-state index in [9.17, 15) is 4.39 Å². The highest BCUT2D eigenvalue weighted by molar-refractivity contribution is 8.00. The zero-order valence-electron chi connectivity index (χ0n) is 10.7. The molecule has 1 atom stereocenters. The van der Waals surface area contributed by atoms with E-state index in [1.165, 1.54) is 22.6 Å². The monoisotopic (exact) mass is 274 g/mol. The molecule has 3 rings (SSSR count). The number of thioether (sulfide) groups is 1. The Bertz CT molecular complexity index is 572. The van der Waals surface area contributed by atoms with Crippen LogP contribution >= 0.6 is 11.8 Å². The van der Waals surface area contributed by atoms with Crippen molar-refractivity contribution >= 4 is 11.8 Å². The Hall–Kier alpha value is -1.48. The van der Waals surface area contributed by atoms with Gasteiger partial charge in [-0.15, -0.1) is 11.8 Å². The fourth-order valence-corrected chi connectivity index (χ4v) is 3.52. The molecule has 1 heterocycles. The van der Waals surface area contributed by atoms with Crippen LogP contribution < -0.4 is 4.74 Å². The third kappa shape index (κ3) is 2.76. The van der Waals surface area contributed by atoms with Crippen molar-refractivity contribution in [3.05, 3.63) is 59.4 Å². The maximum Gasteiger partial charge on any atom is 0.123 e. The highest BCUT2D eigenvalue weighted by Crippen LogP contribution is 2.37. The number of halogens is 1. The first-order valence-electron chi connectivity index (χ1n) is 6.36. The summed E-state index contributed by atoms with van der Waals surface area (Å²) in [5.41, 5.74) is 2.25. The number of ether oxygens (including phenoxy) is 1. The Balaban J connectivity index is 1.63. The summed E-state index contributed by atoms with van der Waals surface area (Å²) in [6, 6.07) is 13.1. The summed E-state index contributed by atoms with van der Waals surface area (Å²) < 4.78 is 18.8. The van der Waals surface area contributed by atoms with Gasteiger partial charge in [-0.1, -0.05) is 18.2 Å². The molecule has 0 saturated heterocycles. The van der Waals surface area contributed by atoms with Crippen molar-refractivity contribution in [3.8, 4) is 5.75 Å². The van der Waals surface area contributed by atoms with Crippen molar-refractivity contribution in [2.24, 2.45) is 0 Å². The average Bonchev–Trinajstić information content (AvgIpc) is 2.80. The van der Waals surface area contributed by atoms with Crippen molar-refractivity contribution in [2.75, 3.05) is 6.61 Å². The predicted molar refractivity (Wildman–Crippen MR) is 76.4 cm³/mol. The minimum atomic E-state index is -0.215. The van der Waals surface area contributed by atoms with E-state index in [4.69, 9.17) is 4.74 Å². The van der Waals surface area contributed by atoms with Gasteiger partial charge in [0.15, 0.2) is 0 Å². The quantitative estimate of drug-likeness (QED) is 0.828. The fraction of sp³-hybridized carbons (Fsp3) is 0.250. The highest BCUT2D eigenvalue weighted by Gasteiger charge is 2.22. The molecule has 1 aliphatic rings. The third-order valence-electron chi connectivity index (χ3n) is 3.28. The Kier molecular flexibility index (Phi) is 3.47. The summed E-state index contributed by atoms with van der Waals surface area (Å²) in [5, 5.41) is 0.446. The molecule has 2 aromatic rings. The molecule has 3 heteroatoms. The maximum absolute atomic E-state index is 13.0. The lowest BCUT2D eigenvalue weighted by Gasteiger charge is -2.12. The van der Waals surface area contributed by atoms with Gasteiger partial charge in [0, 0.05) is 10.1 Å². The van der Waals surface area contributed by atoms with E-state index < -0.39 is 0 Å². The molecule has 1 unspecified atom stereocenters. The maximum atomic E-state index is 13.0. The second-order valence-corrected chi connectivity index (χ2v) is 6.11. The number of aryl methyl sites for hydroxylation is 1. The van der Waals surface area contributed by atoms with Crippen LogP contribution in [-0.4, -0.2) is 11.9 Å². The van der Waals surface area contributed by atoms with Gasteiger partial charge in [-0.2, -0.15) is 0 Å². The lowest BCUT2D eigenvalue weighted by atomic mass is 10.1. The molecule has 1 aliphatic heterocycles. The van der Waals surface area contributed by atoms with Crippen LogP contribution in [0.15, 0.2) is 47.4 Å². The molecule has 0 N–H and O–H groups in total. The first kappa shape index (κ1) is 12.5. The Morgan fingerprint density at radius 3 is 2.89 bits per heavy atom. The molecule has 0 aromatic heterocycles. The van der Waals surface area contributed by atoms with Gasteiger partial charge in [0.2, 0.25) is 0 Å². The van der Waals surface area contributed by atoms with Gasteiger partial charge in [0.05, 0.1) is 0 Å². The zero-order chi connectivity index (χ0) is 13.2. The number of hydrogen-bond donors (Lipinski definition) is 0. The molecule has 0 amide bonds. The molecule has 0 aliphatic carbocycles. The van der Waals surface area contributed by atoms with Crippen LogP contribution in [0.2, 0.25) is 0 Å². The largest absolute Gasteiger partial charge is 0.492 e. The Labute approximate surface area is 116 Å². The second-order valence-electron chi connectivity index (χ2n) is 4.77. The first-order valence-corrected chi connectivity index (χ1v) is 7.24. The predicted octanol–water partition coefficient (Wildman–Crippen LogP) is 4.23. The molecule has 19 heavy (non-hydrogen) atoms. The van der Waals surface area contributed by atoms with Crippen LogP contribution in [0.3, 0.4) is 0 Å². The topological polar surface area (TPSA) is 9.23 Å². The van der Waals surface area contributed by atoms with Gasteiger partial charge >= 0.3 is 0 Å². The fourth-order valence-electron chi connectivity index (χ4n) is 2.30. The standard InChI is InChI=1S/C16H15FOS/c1-11-8-13(17)6-7-15(11)18-10-14-9-12-4-2-3-5-16(12)19-14/h2-8,14H,9-10H2,1H3. The van der Waals surface area contributed by atoms with Crippen LogP contribution in [-0.2, 0) is 6.42 Å². The van der Waals surface area contributed by atoms with Crippen molar-refractivity contribution in [1.29, 1.82) is 0 Å². The smallest absolute Gasteiger partial charge is 0.123 e. The Morgan fingerprint density at radius 1 is 1.26 bits per heavy atom. The molecular weight excluding hydrogens is 259 g/mol. The van der Waals surface area contributed by atoms with Crippen LogP contribution in [0, 0.1) is 12.7 Å². The number of hydrogen-bond acceptors (Lipinski definition) is 2. The van der Waals surface area contributed by atoms with Gasteiger partial charge in [-0.05, 0) is 48.7 Å². The van der Waals surface area contributed by atoms with E-state index in [-0.39, 0.29) is 5.82 Å². The SMILES string of the molecule is Cc1cc(F)ccc1OCC1Cc2ccccc2S1. The van der Waals surface area contributed by atoms with Gasteiger partial charge in [-0.25, -0.2) is 4.39 Å². The summed E-state index contributed by atoms with van der Waals surface area (Å²) in [6.45, 7) is 2.53. The minimum Gasteiger partial charge on any atom is -0.492 e. The first-order chi connectivity index (χ1) is 9.22. The summed E-state index contributed by atoms with van der Waals surface area (Å²) in [7, 11) is 0. The molecule has 2 aromatic carbocycles. The lowest BCUT2D eigenvalue weighted by Crippen LogP contribution is -2.13. The lowest BCUT2D eigenvalue weighted by molar-refractivity contribution is 0.315. The average molecular weight is 274 g/mol. The summed E-state index contributed by atoms with van der Waals surface area (Å²) >= 11 is 1.87. The molecule has 0 bridgehead atoms. The van der Waals surface area contributed by atoms with E-state index in [0.717, 1.165) is 17.7 Å². The van der Waals surface area contributed by atoms with Gasteiger partial charge < -0.3 is 4.74 Å². The summed E-state index contributed by atoms with van der Waals surface area (Å²) in [4.78, 5) is 1.35. The molecule has 1 nitrogen and oxygen atoms in total.